The number of aliphatic hydroxyl groups excluding tert-OH is 1. The quantitative estimate of drug-likeness (QED) is 0.437. The summed E-state index contributed by atoms with van der Waals surface area (Å²) in [5.74, 6) is 0.877. The second-order valence-electron chi connectivity index (χ2n) is 5.87. The van der Waals surface area contributed by atoms with E-state index < -0.39 is 4.92 Å². The number of nitrogens with zero attached hydrogens (tertiary/aromatic N) is 3. The number of hydrogen-bond acceptors (Lipinski definition) is 5. The van der Waals surface area contributed by atoms with Gasteiger partial charge in [-0.15, -0.1) is 0 Å². The zero-order valence-corrected chi connectivity index (χ0v) is 13.7. The van der Waals surface area contributed by atoms with Crippen LogP contribution in [0.2, 0.25) is 0 Å². The summed E-state index contributed by atoms with van der Waals surface area (Å²) in [6.07, 6.45) is 0. The molecule has 4 rings (SSSR count). The fourth-order valence-corrected chi connectivity index (χ4v) is 2.93. The minimum Gasteiger partial charge on any atom is -0.457 e. The van der Waals surface area contributed by atoms with Crippen molar-refractivity contribution in [2.24, 2.45) is 0 Å². The van der Waals surface area contributed by atoms with Gasteiger partial charge >= 0.3 is 0 Å². The SMILES string of the molecule is O=[N+]([O-])c1ccc2c(c1)c(-c1ccc(CO)o1)nn2Cc1ccccc1. The highest BCUT2D eigenvalue weighted by Crippen LogP contribution is 2.32. The van der Waals surface area contributed by atoms with E-state index in [-0.39, 0.29) is 12.3 Å². The van der Waals surface area contributed by atoms with Crippen molar-refractivity contribution >= 4 is 16.6 Å². The van der Waals surface area contributed by atoms with Gasteiger partial charge in [0.1, 0.15) is 18.1 Å². The molecule has 0 saturated carbocycles. The van der Waals surface area contributed by atoms with Gasteiger partial charge in [0.15, 0.2) is 5.76 Å². The van der Waals surface area contributed by atoms with Crippen LogP contribution in [0.1, 0.15) is 11.3 Å². The third kappa shape index (κ3) is 2.84. The van der Waals surface area contributed by atoms with Crippen LogP contribution >= 0.6 is 0 Å². The number of hydrogen-bond donors (Lipinski definition) is 1. The summed E-state index contributed by atoms with van der Waals surface area (Å²) in [7, 11) is 0. The number of nitro groups is 1. The number of aliphatic hydroxyl groups is 1. The first-order valence-corrected chi connectivity index (χ1v) is 8.04. The first-order chi connectivity index (χ1) is 12.7. The molecule has 0 aliphatic heterocycles. The van der Waals surface area contributed by atoms with Gasteiger partial charge in [0.25, 0.3) is 5.69 Å². The van der Waals surface area contributed by atoms with Crippen LogP contribution in [0.15, 0.2) is 65.1 Å². The van der Waals surface area contributed by atoms with Crippen LogP contribution in [0.5, 0.6) is 0 Å². The molecule has 7 nitrogen and oxygen atoms in total. The maximum Gasteiger partial charge on any atom is 0.270 e. The smallest absolute Gasteiger partial charge is 0.270 e. The van der Waals surface area contributed by atoms with Gasteiger partial charge in [-0.25, -0.2) is 0 Å². The molecule has 0 unspecified atom stereocenters. The zero-order valence-electron chi connectivity index (χ0n) is 13.7. The Morgan fingerprint density at radius 3 is 2.62 bits per heavy atom. The highest BCUT2D eigenvalue weighted by atomic mass is 16.6. The van der Waals surface area contributed by atoms with Crippen LogP contribution in [-0.2, 0) is 13.2 Å². The van der Waals surface area contributed by atoms with E-state index in [1.165, 1.54) is 12.1 Å². The van der Waals surface area contributed by atoms with Crippen LogP contribution in [0.25, 0.3) is 22.4 Å². The lowest BCUT2D eigenvalue weighted by Gasteiger charge is -2.03. The molecule has 0 amide bonds. The molecule has 0 radical (unpaired) electrons. The number of rotatable bonds is 5. The third-order valence-electron chi connectivity index (χ3n) is 4.17. The first kappa shape index (κ1) is 16.0. The van der Waals surface area contributed by atoms with Crippen LogP contribution in [0.3, 0.4) is 0 Å². The zero-order chi connectivity index (χ0) is 18.1. The van der Waals surface area contributed by atoms with E-state index in [0.29, 0.717) is 29.1 Å². The van der Waals surface area contributed by atoms with E-state index in [1.54, 1.807) is 22.9 Å². The summed E-state index contributed by atoms with van der Waals surface area (Å²) in [5, 5.41) is 25.6. The lowest BCUT2D eigenvalue weighted by atomic mass is 10.1. The van der Waals surface area contributed by atoms with E-state index >= 15 is 0 Å². The number of furan rings is 1. The van der Waals surface area contributed by atoms with Gasteiger partial charge in [0.05, 0.1) is 17.0 Å². The molecule has 2 heterocycles. The lowest BCUT2D eigenvalue weighted by Crippen LogP contribution is -2.01. The van der Waals surface area contributed by atoms with Crippen molar-refractivity contribution in [2.75, 3.05) is 0 Å². The van der Waals surface area contributed by atoms with Crippen LogP contribution in [-0.4, -0.2) is 19.8 Å². The predicted octanol–water partition coefficient (Wildman–Crippen LogP) is 3.75. The van der Waals surface area contributed by atoms with E-state index in [9.17, 15) is 15.2 Å². The van der Waals surface area contributed by atoms with E-state index in [1.807, 2.05) is 30.3 Å². The maximum atomic E-state index is 11.2. The summed E-state index contributed by atoms with van der Waals surface area (Å²) < 4.78 is 7.39. The van der Waals surface area contributed by atoms with Gasteiger partial charge in [-0.1, -0.05) is 30.3 Å². The van der Waals surface area contributed by atoms with Gasteiger partial charge < -0.3 is 9.52 Å². The molecule has 2 aromatic heterocycles. The largest absolute Gasteiger partial charge is 0.457 e. The number of aromatic nitrogens is 2. The van der Waals surface area contributed by atoms with Crippen LogP contribution in [0, 0.1) is 10.1 Å². The maximum absolute atomic E-state index is 11.2. The molecule has 130 valence electrons. The summed E-state index contributed by atoms with van der Waals surface area (Å²) in [6, 6.07) is 17.9. The van der Waals surface area contributed by atoms with Crippen molar-refractivity contribution in [1.29, 1.82) is 0 Å². The summed E-state index contributed by atoms with van der Waals surface area (Å²) in [5.41, 5.74) is 2.35. The Morgan fingerprint density at radius 1 is 1.12 bits per heavy atom. The van der Waals surface area contributed by atoms with E-state index in [4.69, 9.17) is 4.42 Å². The monoisotopic (exact) mass is 349 g/mol. The fourth-order valence-electron chi connectivity index (χ4n) is 2.93. The molecular formula is C19H15N3O4. The molecule has 0 aliphatic carbocycles. The molecule has 0 spiro atoms. The summed E-state index contributed by atoms with van der Waals surface area (Å²) in [4.78, 5) is 10.7. The molecule has 0 aliphatic rings. The summed E-state index contributed by atoms with van der Waals surface area (Å²) in [6.45, 7) is 0.311. The number of fused-ring (bicyclic) bond motifs is 1. The third-order valence-corrected chi connectivity index (χ3v) is 4.17. The summed E-state index contributed by atoms with van der Waals surface area (Å²) >= 11 is 0. The molecule has 0 fully saturated rings. The molecule has 1 N–H and O–H groups in total. The minimum absolute atomic E-state index is 0.00745. The Hall–Kier alpha value is -3.45. The Balaban J connectivity index is 1.88. The number of nitro benzene ring substituents is 1. The van der Waals surface area contributed by atoms with Crippen molar-refractivity contribution in [3.63, 3.8) is 0 Å². The Kier molecular flexibility index (Phi) is 3.98. The predicted molar refractivity (Wildman–Crippen MR) is 95.6 cm³/mol. The van der Waals surface area contributed by atoms with Crippen molar-refractivity contribution < 1.29 is 14.4 Å². The minimum atomic E-state index is -0.432. The topological polar surface area (TPSA) is 94.3 Å². The highest BCUT2D eigenvalue weighted by molar-refractivity contribution is 5.93. The average Bonchev–Trinajstić information content (AvgIpc) is 3.27. The average molecular weight is 349 g/mol. The molecule has 2 aromatic carbocycles. The molecule has 4 aromatic rings. The number of non-ortho nitro benzene ring substituents is 1. The van der Waals surface area contributed by atoms with Gasteiger partial charge in [-0.3, -0.25) is 14.8 Å². The second-order valence-corrected chi connectivity index (χ2v) is 5.87. The van der Waals surface area contributed by atoms with Crippen molar-refractivity contribution in [3.8, 4) is 11.5 Å². The Morgan fingerprint density at radius 2 is 1.92 bits per heavy atom. The molecule has 0 bridgehead atoms. The molecule has 0 atom stereocenters. The van der Waals surface area contributed by atoms with Crippen molar-refractivity contribution in [3.05, 3.63) is 82.1 Å². The lowest BCUT2D eigenvalue weighted by molar-refractivity contribution is -0.384. The van der Waals surface area contributed by atoms with Crippen LogP contribution in [0.4, 0.5) is 5.69 Å². The van der Waals surface area contributed by atoms with Gasteiger partial charge in [-0.05, 0) is 23.8 Å². The second kappa shape index (κ2) is 6.45. The Bertz CT molecular complexity index is 1080. The molecular weight excluding hydrogens is 334 g/mol. The number of benzene rings is 2. The van der Waals surface area contributed by atoms with Crippen molar-refractivity contribution in [2.45, 2.75) is 13.2 Å². The molecule has 0 saturated heterocycles. The normalized spacial score (nSPS) is 11.1. The highest BCUT2D eigenvalue weighted by Gasteiger charge is 2.18. The Labute approximate surface area is 148 Å². The van der Waals surface area contributed by atoms with Crippen LogP contribution < -0.4 is 0 Å². The van der Waals surface area contributed by atoms with Gasteiger partial charge in [0, 0.05) is 17.5 Å². The fraction of sp³-hybridized carbons (Fsp3) is 0.105. The van der Waals surface area contributed by atoms with Crippen molar-refractivity contribution in [1.82, 2.24) is 9.78 Å². The van der Waals surface area contributed by atoms with Gasteiger partial charge in [-0.2, -0.15) is 5.10 Å². The van der Waals surface area contributed by atoms with E-state index in [2.05, 4.69) is 5.10 Å². The molecule has 26 heavy (non-hydrogen) atoms. The van der Waals surface area contributed by atoms with Gasteiger partial charge in [0.2, 0.25) is 0 Å². The molecule has 7 heteroatoms. The van der Waals surface area contributed by atoms with E-state index in [0.717, 1.165) is 11.1 Å². The standard InChI is InChI=1S/C19H15N3O4/c23-12-15-7-9-18(26-15)19-16-10-14(22(24)25)6-8-17(16)21(20-19)11-13-4-2-1-3-5-13/h1-10,23H,11-12H2. The first-order valence-electron chi connectivity index (χ1n) is 8.04.